The number of hydrogen-bond donors (Lipinski definition) is 1. The van der Waals surface area contributed by atoms with Crippen LogP contribution in [-0.4, -0.2) is 36.7 Å². The van der Waals surface area contributed by atoms with E-state index in [0.29, 0.717) is 30.1 Å². The first-order chi connectivity index (χ1) is 14.8. The van der Waals surface area contributed by atoms with Crippen LogP contribution < -0.4 is 5.32 Å². The van der Waals surface area contributed by atoms with Gasteiger partial charge in [0.15, 0.2) is 0 Å². The number of anilines is 1. The van der Waals surface area contributed by atoms with E-state index >= 15 is 0 Å². The molecule has 1 aliphatic heterocycles. The van der Waals surface area contributed by atoms with Gasteiger partial charge in [0, 0.05) is 34.7 Å². The summed E-state index contributed by atoms with van der Waals surface area (Å²) in [5.74, 6) is -0.594. The lowest BCUT2D eigenvalue weighted by atomic mass is 9.98. The molecule has 162 valence electrons. The number of aromatic nitrogens is 1. The summed E-state index contributed by atoms with van der Waals surface area (Å²) in [6.07, 6.45) is 1.27. The van der Waals surface area contributed by atoms with E-state index in [-0.39, 0.29) is 17.3 Å². The molecule has 1 aromatic heterocycles. The molecule has 2 heterocycles. The van der Waals surface area contributed by atoms with Gasteiger partial charge in [0.25, 0.3) is 0 Å². The molecule has 0 unspecified atom stereocenters. The first kappa shape index (κ1) is 22.0. The second-order valence-corrected chi connectivity index (χ2v) is 10.9. The van der Waals surface area contributed by atoms with Crippen LogP contribution in [0.3, 0.4) is 0 Å². The summed E-state index contributed by atoms with van der Waals surface area (Å²) in [6, 6.07) is 13.6. The molecule has 1 aliphatic rings. The van der Waals surface area contributed by atoms with Crippen molar-refractivity contribution in [3.05, 3.63) is 63.9 Å². The molecule has 0 radical (unpaired) electrons. The predicted molar refractivity (Wildman–Crippen MR) is 124 cm³/mol. The normalized spacial score (nSPS) is 17.4. The highest BCUT2D eigenvalue weighted by atomic mass is 35.5. The molecule has 0 saturated carbocycles. The highest BCUT2D eigenvalue weighted by molar-refractivity contribution is 7.89. The van der Waals surface area contributed by atoms with Crippen LogP contribution in [0.5, 0.6) is 0 Å². The average molecular weight is 476 g/mol. The lowest BCUT2D eigenvalue weighted by molar-refractivity contribution is -0.120. The molecular formula is C22H22ClN3O3S2. The van der Waals surface area contributed by atoms with Crippen molar-refractivity contribution < 1.29 is 13.2 Å². The summed E-state index contributed by atoms with van der Waals surface area (Å²) in [5, 5.41) is 6.39. The summed E-state index contributed by atoms with van der Waals surface area (Å²) in [5.41, 5.74) is 2.47. The monoisotopic (exact) mass is 475 g/mol. The maximum atomic E-state index is 13.0. The zero-order valence-electron chi connectivity index (χ0n) is 16.9. The topological polar surface area (TPSA) is 79.4 Å². The lowest BCUT2D eigenvalue weighted by Gasteiger charge is -2.31. The zero-order valence-corrected chi connectivity index (χ0v) is 19.3. The van der Waals surface area contributed by atoms with Crippen LogP contribution in [0.2, 0.25) is 5.02 Å². The fourth-order valence-electron chi connectivity index (χ4n) is 3.63. The van der Waals surface area contributed by atoms with Crippen molar-refractivity contribution in [2.24, 2.45) is 5.92 Å². The van der Waals surface area contributed by atoms with Gasteiger partial charge in [-0.1, -0.05) is 23.7 Å². The second kappa shape index (κ2) is 9.08. The Kier molecular flexibility index (Phi) is 6.43. The number of thiazole rings is 1. The van der Waals surface area contributed by atoms with Crippen LogP contribution >= 0.6 is 22.9 Å². The summed E-state index contributed by atoms with van der Waals surface area (Å²) < 4.78 is 27.3. The molecule has 6 nitrogen and oxygen atoms in total. The van der Waals surface area contributed by atoms with E-state index in [9.17, 15) is 13.2 Å². The molecule has 4 rings (SSSR count). The van der Waals surface area contributed by atoms with Gasteiger partial charge >= 0.3 is 0 Å². The molecule has 9 heteroatoms. The van der Waals surface area contributed by atoms with Crippen molar-refractivity contribution in [1.82, 2.24) is 9.29 Å². The Labute approximate surface area is 190 Å². The molecular weight excluding hydrogens is 454 g/mol. The Morgan fingerprint density at radius 1 is 1.23 bits per heavy atom. The highest BCUT2D eigenvalue weighted by Gasteiger charge is 2.33. The molecule has 1 fully saturated rings. The van der Waals surface area contributed by atoms with Gasteiger partial charge < -0.3 is 5.32 Å². The molecule has 0 aliphatic carbocycles. The van der Waals surface area contributed by atoms with Crippen LogP contribution in [0.25, 0.3) is 11.3 Å². The van der Waals surface area contributed by atoms with Crippen LogP contribution in [0.4, 0.5) is 5.69 Å². The van der Waals surface area contributed by atoms with Crippen LogP contribution in [0.15, 0.2) is 58.8 Å². The van der Waals surface area contributed by atoms with Crippen LogP contribution in [-0.2, 0) is 14.8 Å². The van der Waals surface area contributed by atoms with Crippen molar-refractivity contribution in [2.45, 2.75) is 24.7 Å². The number of rotatable bonds is 5. The minimum absolute atomic E-state index is 0.155. The van der Waals surface area contributed by atoms with Crippen molar-refractivity contribution >= 4 is 44.6 Å². The van der Waals surface area contributed by atoms with E-state index in [4.69, 9.17) is 11.6 Å². The third-order valence-electron chi connectivity index (χ3n) is 5.25. The van der Waals surface area contributed by atoms with Crippen molar-refractivity contribution in [3.8, 4) is 11.3 Å². The number of aryl methyl sites for hydroxylation is 1. The van der Waals surface area contributed by atoms with Gasteiger partial charge in [-0.2, -0.15) is 4.31 Å². The third-order valence-corrected chi connectivity index (χ3v) is 8.16. The predicted octanol–water partition coefficient (Wildman–Crippen LogP) is 4.81. The third kappa shape index (κ3) is 4.98. The van der Waals surface area contributed by atoms with Crippen LogP contribution in [0.1, 0.15) is 17.8 Å². The summed E-state index contributed by atoms with van der Waals surface area (Å²) in [4.78, 5) is 17.6. The molecule has 0 spiro atoms. The van der Waals surface area contributed by atoms with Crippen molar-refractivity contribution in [3.63, 3.8) is 0 Å². The number of sulfonamides is 1. The molecule has 2 aromatic carbocycles. The van der Waals surface area contributed by atoms with Gasteiger partial charge in [0.2, 0.25) is 15.9 Å². The number of benzene rings is 2. The zero-order chi connectivity index (χ0) is 22.0. The summed E-state index contributed by atoms with van der Waals surface area (Å²) >= 11 is 7.45. The van der Waals surface area contributed by atoms with E-state index in [2.05, 4.69) is 10.3 Å². The minimum Gasteiger partial charge on any atom is -0.326 e. The number of hydrogen-bond acceptors (Lipinski definition) is 5. The smallest absolute Gasteiger partial charge is 0.243 e. The summed E-state index contributed by atoms with van der Waals surface area (Å²) in [7, 11) is -3.67. The number of carbonyl (C=O) groups is 1. The molecule has 1 N–H and O–H groups in total. The highest BCUT2D eigenvalue weighted by Crippen LogP contribution is 2.27. The number of amides is 1. The minimum atomic E-state index is -3.67. The summed E-state index contributed by atoms with van der Waals surface area (Å²) in [6.45, 7) is 2.50. The van der Waals surface area contributed by atoms with E-state index < -0.39 is 15.9 Å². The Bertz CT molecular complexity index is 1190. The van der Waals surface area contributed by atoms with Crippen molar-refractivity contribution in [1.29, 1.82) is 0 Å². The molecule has 1 amide bonds. The number of halogens is 1. The Morgan fingerprint density at radius 2 is 2.00 bits per heavy atom. The average Bonchev–Trinajstić information content (AvgIpc) is 3.21. The largest absolute Gasteiger partial charge is 0.326 e. The molecule has 1 atom stereocenters. The molecule has 3 aromatic rings. The van der Waals surface area contributed by atoms with Gasteiger partial charge in [0.1, 0.15) is 0 Å². The van der Waals surface area contributed by atoms with Crippen molar-refractivity contribution in [2.75, 3.05) is 18.4 Å². The first-order valence-corrected chi connectivity index (χ1v) is 12.6. The number of nitrogens with one attached hydrogen (secondary N) is 1. The fraction of sp³-hybridized carbons (Fsp3) is 0.273. The standard InChI is InChI=1S/C22H22ClN3O3S2/c1-15-24-21(14-30-15)16-4-2-6-19(12-16)25-22(27)17-5-3-11-26(13-17)31(28,29)20-9-7-18(23)8-10-20/h2,4,6-10,12,14,17H,3,5,11,13H2,1H3,(H,25,27)/t17-/m1/s1. The van der Waals surface area contributed by atoms with Gasteiger partial charge in [-0.05, 0) is 56.2 Å². The van der Waals surface area contributed by atoms with Gasteiger partial charge in [0.05, 0.1) is 21.5 Å². The second-order valence-electron chi connectivity index (χ2n) is 7.48. The number of carbonyl (C=O) groups excluding carboxylic acids is 1. The van der Waals surface area contributed by atoms with E-state index in [0.717, 1.165) is 16.3 Å². The number of piperidine rings is 1. The maximum Gasteiger partial charge on any atom is 0.243 e. The van der Waals surface area contributed by atoms with E-state index in [1.807, 2.05) is 36.6 Å². The first-order valence-electron chi connectivity index (χ1n) is 9.92. The fourth-order valence-corrected chi connectivity index (χ4v) is 5.90. The SMILES string of the molecule is Cc1nc(-c2cccc(NC(=O)[C@@H]3CCCN(S(=O)(=O)c4ccc(Cl)cc4)C3)c2)cs1. The van der Waals surface area contributed by atoms with E-state index in [1.165, 1.54) is 16.4 Å². The van der Waals surface area contributed by atoms with Gasteiger partial charge in [-0.15, -0.1) is 11.3 Å². The number of nitrogens with zero attached hydrogens (tertiary/aromatic N) is 2. The van der Waals surface area contributed by atoms with Crippen LogP contribution in [0, 0.1) is 12.8 Å². The quantitative estimate of drug-likeness (QED) is 0.574. The maximum absolute atomic E-state index is 13.0. The Morgan fingerprint density at radius 3 is 2.71 bits per heavy atom. The molecule has 0 bridgehead atoms. The van der Waals surface area contributed by atoms with Gasteiger partial charge in [-0.25, -0.2) is 13.4 Å². The Balaban J connectivity index is 1.46. The Hall–Kier alpha value is -2.26. The van der Waals surface area contributed by atoms with Gasteiger partial charge in [-0.3, -0.25) is 4.79 Å². The molecule has 1 saturated heterocycles. The van der Waals surface area contributed by atoms with E-state index in [1.54, 1.807) is 23.5 Å². The molecule has 31 heavy (non-hydrogen) atoms. The lowest BCUT2D eigenvalue weighted by Crippen LogP contribution is -2.43.